The summed E-state index contributed by atoms with van der Waals surface area (Å²) in [6.45, 7) is 0. The zero-order chi connectivity index (χ0) is 14.6. The minimum atomic E-state index is -4.22. The SMILES string of the molecule is C#CC[C@H](NS(=O)(=O)c1ccc(Br)cc1F)C(N)=O. The Morgan fingerprint density at radius 3 is 2.68 bits per heavy atom. The van der Waals surface area contributed by atoms with Gasteiger partial charge in [-0.25, -0.2) is 12.8 Å². The van der Waals surface area contributed by atoms with Crippen LogP contribution in [0.2, 0.25) is 0 Å². The molecule has 0 unspecified atom stereocenters. The van der Waals surface area contributed by atoms with Crippen LogP contribution in [0.1, 0.15) is 6.42 Å². The first-order valence-electron chi connectivity index (χ1n) is 4.98. The van der Waals surface area contributed by atoms with Gasteiger partial charge in [-0.05, 0) is 18.2 Å². The van der Waals surface area contributed by atoms with Crippen LogP contribution >= 0.6 is 15.9 Å². The molecule has 0 bridgehead atoms. The summed E-state index contributed by atoms with van der Waals surface area (Å²) < 4.78 is 39.8. The van der Waals surface area contributed by atoms with Crippen LogP contribution in [0.15, 0.2) is 27.6 Å². The number of amides is 1. The summed E-state index contributed by atoms with van der Waals surface area (Å²) in [5.41, 5.74) is 5.01. The normalized spacial score (nSPS) is 12.7. The zero-order valence-electron chi connectivity index (χ0n) is 9.56. The number of halogens is 2. The third-order valence-electron chi connectivity index (χ3n) is 2.15. The van der Waals surface area contributed by atoms with Gasteiger partial charge in [0.25, 0.3) is 0 Å². The van der Waals surface area contributed by atoms with Crippen molar-refractivity contribution in [3.63, 3.8) is 0 Å². The van der Waals surface area contributed by atoms with E-state index in [9.17, 15) is 17.6 Å². The number of carbonyl (C=O) groups is 1. The van der Waals surface area contributed by atoms with Crippen molar-refractivity contribution in [3.8, 4) is 12.3 Å². The Balaban J connectivity index is 3.11. The van der Waals surface area contributed by atoms with E-state index in [2.05, 4.69) is 21.9 Å². The predicted octanol–water partition coefficient (Wildman–Crippen LogP) is 0.744. The molecule has 1 atom stereocenters. The van der Waals surface area contributed by atoms with Gasteiger partial charge in [-0.1, -0.05) is 15.9 Å². The quantitative estimate of drug-likeness (QED) is 0.769. The highest BCUT2D eigenvalue weighted by molar-refractivity contribution is 9.10. The number of carbonyl (C=O) groups excluding carboxylic acids is 1. The number of sulfonamides is 1. The molecule has 0 aliphatic rings. The molecule has 19 heavy (non-hydrogen) atoms. The van der Waals surface area contributed by atoms with E-state index in [1.807, 2.05) is 4.72 Å². The van der Waals surface area contributed by atoms with Crippen molar-refractivity contribution in [3.05, 3.63) is 28.5 Å². The topological polar surface area (TPSA) is 89.3 Å². The molecule has 0 saturated heterocycles. The molecule has 0 aromatic heterocycles. The molecule has 1 aromatic carbocycles. The van der Waals surface area contributed by atoms with Crippen LogP contribution in [-0.4, -0.2) is 20.4 Å². The summed E-state index contributed by atoms with van der Waals surface area (Å²) in [6, 6.07) is 2.14. The summed E-state index contributed by atoms with van der Waals surface area (Å²) >= 11 is 3.01. The average molecular weight is 349 g/mol. The fourth-order valence-corrected chi connectivity index (χ4v) is 2.86. The third-order valence-corrected chi connectivity index (χ3v) is 4.14. The van der Waals surface area contributed by atoms with Crippen LogP contribution in [0.25, 0.3) is 0 Å². The first-order chi connectivity index (χ1) is 8.77. The Morgan fingerprint density at radius 2 is 2.21 bits per heavy atom. The minimum absolute atomic E-state index is 0.216. The van der Waals surface area contributed by atoms with E-state index in [1.165, 1.54) is 6.07 Å². The maximum atomic E-state index is 13.6. The molecule has 0 saturated carbocycles. The van der Waals surface area contributed by atoms with Crippen LogP contribution in [0.5, 0.6) is 0 Å². The van der Waals surface area contributed by atoms with Crippen LogP contribution in [0.4, 0.5) is 4.39 Å². The smallest absolute Gasteiger partial charge is 0.244 e. The molecule has 0 radical (unpaired) electrons. The second kappa shape index (κ2) is 6.14. The monoisotopic (exact) mass is 348 g/mol. The molecule has 8 heteroatoms. The fraction of sp³-hybridized carbons (Fsp3) is 0.182. The molecule has 3 N–H and O–H groups in total. The summed E-state index contributed by atoms with van der Waals surface area (Å²) in [5, 5.41) is 0. The minimum Gasteiger partial charge on any atom is -0.368 e. The van der Waals surface area contributed by atoms with Crippen molar-refractivity contribution >= 4 is 31.9 Å². The molecule has 102 valence electrons. The van der Waals surface area contributed by atoms with E-state index in [-0.39, 0.29) is 6.42 Å². The Labute approximate surface area is 118 Å². The van der Waals surface area contributed by atoms with E-state index < -0.39 is 32.7 Å². The first kappa shape index (κ1) is 15.6. The number of primary amides is 1. The van der Waals surface area contributed by atoms with E-state index in [0.29, 0.717) is 4.47 Å². The summed E-state index contributed by atoms with van der Waals surface area (Å²) in [5.74, 6) is 0.233. The molecule has 0 spiro atoms. The maximum Gasteiger partial charge on any atom is 0.244 e. The zero-order valence-corrected chi connectivity index (χ0v) is 12.0. The number of hydrogen-bond acceptors (Lipinski definition) is 3. The van der Waals surface area contributed by atoms with Crippen molar-refractivity contribution in [1.82, 2.24) is 4.72 Å². The highest BCUT2D eigenvalue weighted by Crippen LogP contribution is 2.19. The molecule has 1 aromatic rings. The van der Waals surface area contributed by atoms with Gasteiger partial charge in [-0.3, -0.25) is 4.79 Å². The molecule has 0 aliphatic heterocycles. The maximum absolute atomic E-state index is 13.6. The van der Waals surface area contributed by atoms with E-state index in [4.69, 9.17) is 12.2 Å². The van der Waals surface area contributed by atoms with Crippen LogP contribution in [-0.2, 0) is 14.8 Å². The average Bonchev–Trinajstić information content (AvgIpc) is 2.27. The predicted molar refractivity (Wildman–Crippen MR) is 70.9 cm³/mol. The first-order valence-corrected chi connectivity index (χ1v) is 7.25. The number of hydrogen-bond donors (Lipinski definition) is 2. The number of nitrogens with one attached hydrogen (secondary N) is 1. The molecule has 0 heterocycles. The van der Waals surface area contributed by atoms with Gasteiger partial charge in [0.05, 0.1) is 0 Å². The number of terminal acetylenes is 1. The Kier molecular flexibility index (Phi) is 5.05. The fourth-order valence-electron chi connectivity index (χ4n) is 1.26. The van der Waals surface area contributed by atoms with Crippen LogP contribution in [0.3, 0.4) is 0 Å². The lowest BCUT2D eigenvalue weighted by Gasteiger charge is -2.13. The second-order valence-corrected chi connectivity index (χ2v) is 6.16. The van der Waals surface area contributed by atoms with Gasteiger partial charge in [-0.15, -0.1) is 12.3 Å². The molecular formula is C11H10BrFN2O3S. The van der Waals surface area contributed by atoms with Crippen LogP contribution in [0, 0.1) is 18.2 Å². The largest absolute Gasteiger partial charge is 0.368 e. The van der Waals surface area contributed by atoms with Gasteiger partial charge >= 0.3 is 0 Å². The Bertz CT molecular complexity index is 640. The van der Waals surface area contributed by atoms with Gasteiger partial charge in [0, 0.05) is 10.9 Å². The molecular weight excluding hydrogens is 339 g/mol. The van der Waals surface area contributed by atoms with Crippen molar-refractivity contribution in [1.29, 1.82) is 0 Å². The highest BCUT2D eigenvalue weighted by atomic mass is 79.9. The summed E-state index contributed by atoms with van der Waals surface area (Å²) in [7, 11) is -4.22. The van der Waals surface area contributed by atoms with E-state index in [0.717, 1.165) is 12.1 Å². The number of rotatable bonds is 5. The van der Waals surface area contributed by atoms with Crippen molar-refractivity contribution in [2.45, 2.75) is 17.4 Å². The van der Waals surface area contributed by atoms with Crippen molar-refractivity contribution < 1.29 is 17.6 Å². The van der Waals surface area contributed by atoms with Gasteiger partial charge in [0.1, 0.15) is 16.8 Å². The highest BCUT2D eigenvalue weighted by Gasteiger charge is 2.25. The second-order valence-electron chi connectivity index (χ2n) is 3.56. The Morgan fingerprint density at radius 1 is 1.58 bits per heavy atom. The lowest BCUT2D eigenvalue weighted by Crippen LogP contribution is -2.44. The van der Waals surface area contributed by atoms with E-state index in [1.54, 1.807) is 0 Å². The van der Waals surface area contributed by atoms with Gasteiger partial charge in [0.2, 0.25) is 15.9 Å². The summed E-state index contributed by atoms with van der Waals surface area (Å²) in [6.07, 6.45) is 4.79. The lowest BCUT2D eigenvalue weighted by molar-refractivity contribution is -0.119. The van der Waals surface area contributed by atoms with E-state index >= 15 is 0 Å². The van der Waals surface area contributed by atoms with Crippen LogP contribution < -0.4 is 10.5 Å². The standard InChI is InChI=1S/C11H10BrFN2O3S/c1-2-3-9(11(14)16)15-19(17,18)10-5-4-7(12)6-8(10)13/h1,4-6,9,15H,3H2,(H2,14,16)/t9-/m0/s1. The van der Waals surface area contributed by atoms with Gasteiger partial charge in [-0.2, -0.15) is 4.72 Å². The Hall–Kier alpha value is -1.43. The molecule has 0 aliphatic carbocycles. The number of benzene rings is 1. The van der Waals surface area contributed by atoms with Crippen molar-refractivity contribution in [2.75, 3.05) is 0 Å². The third kappa shape index (κ3) is 4.02. The van der Waals surface area contributed by atoms with Gasteiger partial charge in [0.15, 0.2) is 0 Å². The summed E-state index contributed by atoms with van der Waals surface area (Å²) in [4.78, 5) is 10.5. The van der Waals surface area contributed by atoms with Crippen molar-refractivity contribution in [2.24, 2.45) is 5.73 Å². The molecule has 5 nitrogen and oxygen atoms in total. The number of nitrogens with two attached hydrogens (primary N) is 1. The molecule has 1 rings (SSSR count). The molecule has 1 amide bonds. The lowest BCUT2D eigenvalue weighted by atomic mass is 10.2. The molecule has 0 fully saturated rings. The van der Waals surface area contributed by atoms with Gasteiger partial charge < -0.3 is 5.73 Å².